The molecular formula is C18H18O4. The van der Waals surface area contributed by atoms with E-state index in [-0.39, 0.29) is 17.0 Å². The van der Waals surface area contributed by atoms with Gasteiger partial charge in [0.05, 0.1) is 18.2 Å². The molecule has 0 amide bonds. The Morgan fingerprint density at radius 1 is 0.864 bits per heavy atom. The average molecular weight is 298 g/mol. The second-order valence-electron chi connectivity index (χ2n) is 5.12. The first-order chi connectivity index (χ1) is 10.5. The van der Waals surface area contributed by atoms with Crippen LogP contribution in [0.3, 0.4) is 0 Å². The molecule has 0 spiro atoms. The first-order valence-electron chi connectivity index (χ1n) is 7.03. The topological polar surface area (TPSA) is 52.6 Å². The van der Waals surface area contributed by atoms with Crippen LogP contribution in [0.4, 0.5) is 0 Å². The van der Waals surface area contributed by atoms with Gasteiger partial charge in [0.25, 0.3) is 0 Å². The Morgan fingerprint density at radius 3 is 2.00 bits per heavy atom. The van der Waals surface area contributed by atoms with E-state index >= 15 is 0 Å². The number of benzene rings is 2. The molecule has 2 aromatic rings. The monoisotopic (exact) mass is 298 g/mol. The summed E-state index contributed by atoms with van der Waals surface area (Å²) in [6, 6.07) is 13.8. The summed E-state index contributed by atoms with van der Waals surface area (Å²) < 4.78 is 10.2. The molecule has 0 aliphatic carbocycles. The van der Waals surface area contributed by atoms with Gasteiger partial charge >= 0.3 is 11.9 Å². The molecule has 2 rings (SSSR count). The van der Waals surface area contributed by atoms with Crippen LogP contribution < -0.4 is 4.74 Å². The summed E-state index contributed by atoms with van der Waals surface area (Å²) in [6.45, 7) is 4.05. The maximum atomic E-state index is 12.4. The molecule has 0 atom stereocenters. The Kier molecular flexibility index (Phi) is 4.94. The molecule has 0 bridgehead atoms. The van der Waals surface area contributed by atoms with Crippen LogP contribution in [-0.4, -0.2) is 19.0 Å². The number of carbonyl (C=O) groups excluding carboxylic acids is 2. The van der Waals surface area contributed by atoms with Crippen LogP contribution >= 0.6 is 0 Å². The summed E-state index contributed by atoms with van der Waals surface area (Å²) in [7, 11) is 1.28. The van der Waals surface area contributed by atoms with Gasteiger partial charge in [0.2, 0.25) is 0 Å². The van der Waals surface area contributed by atoms with Gasteiger partial charge in [-0.05, 0) is 29.7 Å². The van der Waals surface area contributed by atoms with Crippen LogP contribution in [0.2, 0.25) is 0 Å². The maximum absolute atomic E-state index is 12.4. The summed E-state index contributed by atoms with van der Waals surface area (Å²) in [6.07, 6.45) is 0. The minimum Gasteiger partial charge on any atom is -0.465 e. The fourth-order valence-corrected chi connectivity index (χ4v) is 2.15. The number of hydrogen-bond donors (Lipinski definition) is 0. The molecule has 22 heavy (non-hydrogen) atoms. The van der Waals surface area contributed by atoms with E-state index in [0.29, 0.717) is 5.75 Å². The summed E-state index contributed by atoms with van der Waals surface area (Å²) >= 11 is 0. The molecule has 0 saturated carbocycles. The third-order valence-electron chi connectivity index (χ3n) is 3.30. The molecule has 0 aromatic heterocycles. The van der Waals surface area contributed by atoms with Crippen molar-refractivity contribution >= 4 is 11.9 Å². The van der Waals surface area contributed by atoms with E-state index in [1.807, 2.05) is 26.0 Å². The van der Waals surface area contributed by atoms with Crippen molar-refractivity contribution in [3.8, 4) is 5.75 Å². The van der Waals surface area contributed by atoms with Gasteiger partial charge in [0, 0.05) is 0 Å². The van der Waals surface area contributed by atoms with Gasteiger partial charge < -0.3 is 9.47 Å². The summed E-state index contributed by atoms with van der Waals surface area (Å²) in [5.74, 6) is -0.416. The van der Waals surface area contributed by atoms with Gasteiger partial charge in [-0.3, -0.25) is 0 Å². The van der Waals surface area contributed by atoms with Gasteiger partial charge in [-0.2, -0.15) is 0 Å². The minimum atomic E-state index is -0.575. The number of carbonyl (C=O) groups is 2. The van der Waals surface area contributed by atoms with Crippen LogP contribution in [0.5, 0.6) is 5.75 Å². The third-order valence-corrected chi connectivity index (χ3v) is 3.30. The number of para-hydroxylation sites is 1. The lowest BCUT2D eigenvalue weighted by Crippen LogP contribution is -2.15. The fraction of sp³-hybridized carbons (Fsp3) is 0.222. The van der Waals surface area contributed by atoms with Crippen molar-refractivity contribution in [1.82, 2.24) is 0 Å². The number of esters is 2. The maximum Gasteiger partial charge on any atom is 0.344 e. The van der Waals surface area contributed by atoms with Crippen molar-refractivity contribution in [3.05, 3.63) is 65.2 Å². The summed E-state index contributed by atoms with van der Waals surface area (Å²) in [5, 5.41) is 0. The highest BCUT2D eigenvalue weighted by Crippen LogP contribution is 2.27. The zero-order chi connectivity index (χ0) is 16.1. The van der Waals surface area contributed by atoms with Crippen molar-refractivity contribution in [2.45, 2.75) is 19.8 Å². The molecule has 114 valence electrons. The van der Waals surface area contributed by atoms with Gasteiger partial charge in [0.1, 0.15) is 5.75 Å². The molecule has 0 unspecified atom stereocenters. The standard InChI is InChI=1S/C18H18O4/c1-12(2)13-8-6-7-11-16(13)22-18(20)15-10-5-4-9-14(15)17(19)21-3/h4-12H,1-3H3. The van der Waals surface area contributed by atoms with Crippen molar-refractivity contribution in [2.24, 2.45) is 0 Å². The highest BCUT2D eigenvalue weighted by Gasteiger charge is 2.20. The normalized spacial score (nSPS) is 10.4. The van der Waals surface area contributed by atoms with E-state index in [1.165, 1.54) is 13.2 Å². The summed E-state index contributed by atoms with van der Waals surface area (Å²) in [5.41, 5.74) is 1.32. The second kappa shape index (κ2) is 6.89. The molecule has 0 N–H and O–H groups in total. The quantitative estimate of drug-likeness (QED) is 0.636. The van der Waals surface area contributed by atoms with Crippen LogP contribution in [0.1, 0.15) is 46.0 Å². The average Bonchev–Trinajstić information content (AvgIpc) is 2.54. The minimum absolute atomic E-state index is 0.188. The largest absolute Gasteiger partial charge is 0.465 e. The van der Waals surface area contributed by atoms with E-state index in [9.17, 15) is 9.59 Å². The zero-order valence-electron chi connectivity index (χ0n) is 12.8. The Balaban J connectivity index is 2.33. The van der Waals surface area contributed by atoms with E-state index in [4.69, 9.17) is 9.47 Å². The van der Waals surface area contributed by atoms with Gasteiger partial charge in [-0.15, -0.1) is 0 Å². The number of hydrogen-bond acceptors (Lipinski definition) is 4. The van der Waals surface area contributed by atoms with E-state index in [2.05, 4.69) is 0 Å². The van der Waals surface area contributed by atoms with Crippen LogP contribution in [0.15, 0.2) is 48.5 Å². The van der Waals surface area contributed by atoms with Crippen molar-refractivity contribution in [2.75, 3.05) is 7.11 Å². The Labute approximate surface area is 129 Å². The number of ether oxygens (including phenoxy) is 2. The van der Waals surface area contributed by atoms with Crippen LogP contribution in [0.25, 0.3) is 0 Å². The van der Waals surface area contributed by atoms with Crippen molar-refractivity contribution in [1.29, 1.82) is 0 Å². The second-order valence-corrected chi connectivity index (χ2v) is 5.12. The Hall–Kier alpha value is -2.62. The fourth-order valence-electron chi connectivity index (χ4n) is 2.15. The van der Waals surface area contributed by atoms with Crippen LogP contribution in [-0.2, 0) is 4.74 Å². The lowest BCUT2D eigenvalue weighted by Gasteiger charge is -2.13. The zero-order valence-corrected chi connectivity index (χ0v) is 12.8. The molecule has 0 aliphatic rings. The predicted octanol–water partition coefficient (Wildman–Crippen LogP) is 3.82. The third kappa shape index (κ3) is 3.34. The molecule has 2 aromatic carbocycles. The molecule has 0 aliphatic heterocycles. The molecular weight excluding hydrogens is 280 g/mol. The molecule has 4 nitrogen and oxygen atoms in total. The highest BCUT2D eigenvalue weighted by molar-refractivity contribution is 6.03. The van der Waals surface area contributed by atoms with Crippen molar-refractivity contribution < 1.29 is 19.1 Å². The SMILES string of the molecule is COC(=O)c1ccccc1C(=O)Oc1ccccc1C(C)C. The predicted molar refractivity (Wildman–Crippen MR) is 83.3 cm³/mol. The van der Waals surface area contributed by atoms with Gasteiger partial charge in [0.15, 0.2) is 0 Å². The van der Waals surface area contributed by atoms with Gasteiger partial charge in [-0.25, -0.2) is 9.59 Å². The van der Waals surface area contributed by atoms with E-state index < -0.39 is 11.9 Å². The van der Waals surface area contributed by atoms with E-state index in [1.54, 1.807) is 30.3 Å². The first kappa shape index (κ1) is 15.8. The lowest BCUT2D eigenvalue weighted by molar-refractivity contribution is 0.0587. The summed E-state index contributed by atoms with van der Waals surface area (Å²) in [4.78, 5) is 24.1. The highest BCUT2D eigenvalue weighted by atomic mass is 16.5. The molecule has 0 fully saturated rings. The Bertz CT molecular complexity index is 689. The molecule has 0 saturated heterocycles. The number of rotatable bonds is 4. The first-order valence-corrected chi connectivity index (χ1v) is 7.03. The molecule has 0 radical (unpaired) electrons. The van der Waals surface area contributed by atoms with E-state index in [0.717, 1.165) is 5.56 Å². The number of methoxy groups -OCH3 is 1. The smallest absolute Gasteiger partial charge is 0.344 e. The van der Waals surface area contributed by atoms with Gasteiger partial charge in [-0.1, -0.05) is 44.2 Å². The van der Waals surface area contributed by atoms with Crippen molar-refractivity contribution in [3.63, 3.8) is 0 Å². The molecule has 0 heterocycles. The Morgan fingerprint density at radius 2 is 1.41 bits per heavy atom. The molecule has 4 heteroatoms. The van der Waals surface area contributed by atoms with Crippen LogP contribution in [0, 0.1) is 0 Å². The lowest BCUT2D eigenvalue weighted by atomic mass is 10.0.